The van der Waals surface area contributed by atoms with Crippen molar-refractivity contribution >= 4 is 18.3 Å². The highest BCUT2D eigenvalue weighted by molar-refractivity contribution is 5.94. The third kappa shape index (κ3) is 3.16. The lowest BCUT2D eigenvalue weighted by atomic mass is 10.1. The van der Waals surface area contributed by atoms with Crippen LogP contribution in [0.4, 0.5) is 4.39 Å². The molecule has 4 rings (SSSR count). The van der Waals surface area contributed by atoms with Crippen molar-refractivity contribution in [1.82, 2.24) is 20.0 Å². The van der Waals surface area contributed by atoms with E-state index >= 15 is 0 Å². The predicted octanol–water partition coefficient (Wildman–Crippen LogP) is 2.36. The highest BCUT2D eigenvalue weighted by Gasteiger charge is 2.31. The molecular weight excluding hydrogens is 343 g/mol. The largest absolute Gasteiger partial charge is 0.334 e. The Labute approximate surface area is 152 Å². The second-order valence-corrected chi connectivity index (χ2v) is 6.60. The summed E-state index contributed by atoms with van der Waals surface area (Å²) in [4.78, 5) is 14.8. The second kappa shape index (κ2) is 7.14. The number of piperazine rings is 1. The summed E-state index contributed by atoms with van der Waals surface area (Å²) in [6.07, 6.45) is 2.66. The van der Waals surface area contributed by atoms with E-state index in [9.17, 15) is 9.18 Å². The zero-order valence-corrected chi connectivity index (χ0v) is 15.0. The molecule has 7 heteroatoms. The van der Waals surface area contributed by atoms with Crippen LogP contribution in [0.3, 0.4) is 0 Å². The summed E-state index contributed by atoms with van der Waals surface area (Å²) in [6, 6.07) is 6.88. The lowest BCUT2D eigenvalue weighted by Gasteiger charge is -2.31. The van der Waals surface area contributed by atoms with E-state index < -0.39 is 0 Å². The van der Waals surface area contributed by atoms with Crippen molar-refractivity contribution in [3.63, 3.8) is 0 Å². The van der Waals surface area contributed by atoms with E-state index in [0.717, 1.165) is 37.1 Å². The first-order chi connectivity index (χ1) is 11.6. The highest BCUT2D eigenvalue weighted by atomic mass is 35.5. The number of hydrogen-bond acceptors (Lipinski definition) is 3. The zero-order chi connectivity index (χ0) is 16.7. The number of carbonyl (C=O) groups excluding carboxylic acids is 1. The number of hydrogen-bond donors (Lipinski definition) is 1. The van der Waals surface area contributed by atoms with E-state index in [1.54, 1.807) is 22.9 Å². The molecule has 1 saturated heterocycles. The van der Waals surface area contributed by atoms with Crippen molar-refractivity contribution in [2.24, 2.45) is 0 Å². The molecule has 1 aromatic heterocycles. The molecule has 1 fully saturated rings. The molecule has 1 atom stereocenters. The van der Waals surface area contributed by atoms with Crippen LogP contribution < -0.4 is 5.32 Å². The van der Waals surface area contributed by atoms with Gasteiger partial charge in [0, 0.05) is 36.9 Å². The molecule has 1 aliphatic carbocycles. The average Bonchev–Trinajstić information content (AvgIpc) is 3.17. The number of amides is 1. The maximum absolute atomic E-state index is 14.2. The fourth-order valence-corrected chi connectivity index (χ4v) is 3.70. The van der Waals surface area contributed by atoms with Crippen LogP contribution in [0.25, 0.3) is 5.69 Å². The summed E-state index contributed by atoms with van der Waals surface area (Å²) < 4.78 is 15.8. The molecule has 0 radical (unpaired) electrons. The predicted molar refractivity (Wildman–Crippen MR) is 96.2 cm³/mol. The van der Waals surface area contributed by atoms with Crippen LogP contribution in [0.1, 0.15) is 35.1 Å². The highest BCUT2D eigenvalue weighted by Crippen LogP contribution is 2.29. The van der Waals surface area contributed by atoms with Crippen LogP contribution in [0.15, 0.2) is 24.3 Å². The number of rotatable bonds is 2. The standard InChI is InChI=1S/C18H21FN4O.ClH/c1-12-11-22(10-9-20-12)18(24)17-13-5-4-8-15(13)23(21-17)16-7-3-2-6-14(16)19;/h2-3,6-7,12,20H,4-5,8-11H2,1H3;1H. The van der Waals surface area contributed by atoms with E-state index in [2.05, 4.69) is 17.3 Å². The van der Waals surface area contributed by atoms with Gasteiger partial charge in [-0.1, -0.05) is 12.1 Å². The lowest BCUT2D eigenvalue weighted by Crippen LogP contribution is -2.51. The Hall–Kier alpha value is -1.92. The van der Waals surface area contributed by atoms with Crippen molar-refractivity contribution < 1.29 is 9.18 Å². The third-order valence-electron chi connectivity index (χ3n) is 4.87. The minimum atomic E-state index is -0.315. The van der Waals surface area contributed by atoms with Gasteiger partial charge in [-0.05, 0) is 38.3 Å². The monoisotopic (exact) mass is 364 g/mol. The molecule has 2 aliphatic rings. The summed E-state index contributed by atoms with van der Waals surface area (Å²) in [7, 11) is 0. The van der Waals surface area contributed by atoms with Crippen LogP contribution in [0.5, 0.6) is 0 Å². The smallest absolute Gasteiger partial charge is 0.274 e. The molecule has 2 heterocycles. The second-order valence-electron chi connectivity index (χ2n) is 6.60. The van der Waals surface area contributed by atoms with Gasteiger partial charge >= 0.3 is 0 Å². The normalized spacial score (nSPS) is 19.4. The Morgan fingerprint density at radius 3 is 2.88 bits per heavy atom. The first kappa shape index (κ1) is 17.9. The van der Waals surface area contributed by atoms with Crippen molar-refractivity contribution in [3.8, 4) is 5.69 Å². The molecular formula is C18H22ClFN4O. The summed E-state index contributed by atoms with van der Waals surface area (Å²) in [5.41, 5.74) is 2.89. The molecule has 1 aromatic carbocycles. The Bertz CT molecular complexity index is 791. The van der Waals surface area contributed by atoms with E-state index in [4.69, 9.17) is 0 Å². The fourth-order valence-electron chi connectivity index (χ4n) is 3.70. The van der Waals surface area contributed by atoms with Crippen LogP contribution in [-0.2, 0) is 12.8 Å². The number of carbonyl (C=O) groups is 1. The van der Waals surface area contributed by atoms with Gasteiger partial charge in [0.2, 0.25) is 0 Å². The summed E-state index contributed by atoms with van der Waals surface area (Å²) in [6.45, 7) is 4.23. The van der Waals surface area contributed by atoms with Crippen molar-refractivity contribution in [3.05, 3.63) is 47.0 Å². The fraction of sp³-hybridized carbons (Fsp3) is 0.444. The molecule has 0 bridgehead atoms. The van der Waals surface area contributed by atoms with Gasteiger partial charge in [-0.25, -0.2) is 9.07 Å². The Morgan fingerprint density at radius 1 is 1.32 bits per heavy atom. The first-order valence-corrected chi connectivity index (χ1v) is 8.53. The molecule has 0 spiro atoms. The lowest BCUT2D eigenvalue weighted by molar-refractivity contribution is 0.0701. The van der Waals surface area contributed by atoms with Crippen LogP contribution >= 0.6 is 12.4 Å². The van der Waals surface area contributed by atoms with Gasteiger partial charge in [-0.3, -0.25) is 4.79 Å². The number of fused-ring (bicyclic) bond motifs is 1. The van der Waals surface area contributed by atoms with Gasteiger partial charge in [-0.2, -0.15) is 5.10 Å². The maximum atomic E-state index is 14.2. The third-order valence-corrected chi connectivity index (χ3v) is 4.87. The number of benzene rings is 1. The van der Waals surface area contributed by atoms with E-state index in [0.29, 0.717) is 24.5 Å². The molecule has 134 valence electrons. The molecule has 0 saturated carbocycles. The molecule has 1 amide bonds. The zero-order valence-electron chi connectivity index (χ0n) is 14.2. The number of nitrogens with zero attached hydrogens (tertiary/aromatic N) is 3. The number of nitrogens with one attached hydrogen (secondary N) is 1. The van der Waals surface area contributed by atoms with E-state index in [1.807, 2.05) is 4.90 Å². The maximum Gasteiger partial charge on any atom is 0.274 e. The van der Waals surface area contributed by atoms with Gasteiger partial charge in [0.15, 0.2) is 5.69 Å². The Kier molecular flexibility index (Phi) is 5.11. The average molecular weight is 365 g/mol. The van der Waals surface area contributed by atoms with Crippen molar-refractivity contribution in [2.45, 2.75) is 32.2 Å². The molecule has 1 unspecified atom stereocenters. The minimum absolute atomic E-state index is 0. The number of aromatic nitrogens is 2. The summed E-state index contributed by atoms with van der Waals surface area (Å²) in [5.74, 6) is -0.346. The molecule has 5 nitrogen and oxygen atoms in total. The molecule has 1 aliphatic heterocycles. The van der Waals surface area contributed by atoms with Crippen LogP contribution in [-0.4, -0.2) is 46.3 Å². The van der Waals surface area contributed by atoms with E-state index in [-0.39, 0.29) is 30.2 Å². The quantitative estimate of drug-likeness (QED) is 0.890. The SMILES string of the molecule is CC1CN(C(=O)c2nn(-c3ccccc3F)c3c2CCC3)CCN1.Cl. The Morgan fingerprint density at radius 2 is 2.12 bits per heavy atom. The van der Waals surface area contributed by atoms with Gasteiger partial charge in [-0.15, -0.1) is 12.4 Å². The topological polar surface area (TPSA) is 50.2 Å². The molecule has 2 aromatic rings. The van der Waals surface area contributed by atoms with Gasteiger partial charge < -0.3 is 10.2 Å². The van der Waals surface area contributed by atoms with Crippen LogP contribution in [0, 0.1) is 5.82 Å². The molecule has 1 N–H and O–H groups in total. The minimum Gasteiger partial charge on any atom is -0.334 e. The van der Waals surface area contributed by atoms with Crippen LogP contribution in [0.2, 0.25) is 0 Å². The number of halogens is 2. The Balaban J connectivity index is 0.00000182. The molecule has 25 heavy (non-hydrogen) atoms. The summed E-state index contributed by atoms with van der Waals surface area (Å²) >= 11 is 0. The van der Waals surface area contributed by atoms with Gasteiger partial charge in [0.05, 0.1) is 0 Å². The van der Waals surface area contributed by atoms with Gasteiger partial charge in [0.25, 0.3) is 5.91 Å². The summed E-state index contributed by atoms with van der Waals surface area (Å²) in [5, 5.41) is 7.87. The first-order valence-electron chi connectivity index (χ1n) is 8.53. The van der Waals surface area contributed by atoms with Crippen molar-refractivity contribution in [2.75, 3.05) is 19.6 Å². The van der Waals surface area contributed by atoms with E-state index in [1.165, 1.54) is 6.07 Å². The van der Waals surface area contributed by atoms with Gasteiger partial charge in [0.1, 0.15) is 11.5 Å². The number of para-hydroxylation sites is 1. The van der Waals surface area contributed by atoms with Crippen molar-refractivity contribution in [1.29, 1.82) is 0 Å².